The minimum absolute atomic E-state index is 0. The number of carboxylic acids is 3. The number of pyridine rings is 2. The van der Waals surface area contributed by atoms with Gasteiger partial charge in [-0.1, -0.05) is 83.9 Å². The van der Waals surface area contributed by atoms with Gasteiger partial charge in [-0.15, -0.1) is 20.4 Å². The van der Waals surface area contributed by atoms with E-state index in [0.29, 0.717) is 74.3 Å². The van der Waals surface area contributed by atoms with Crippen LogP contribution in [0.2, 0.25) is 10.0 Å². The van der Waals surface area contributed by atoms with Gasteiger partial charge in [-0.3, -0.25) is 38.1 Å². The van der Waals surface area contributed by atoms with Crippen LogP contribution in [-0.4, -0.2) is 174 Å². The first kappa shape index (κ1) is 98.9. The maximum absolute atomic E-state index is 13.6. The molecule has 1 aliphatic heterocycles. The molecule has 0 radical (unpaired) electrons. The van der Waals surface area contributed by atoms with Crippen molar-refractivity contribution in [2.75, 3.05) is 56.8 Å². The third-order valence-electron chi connectivity index (χ3n) is 17.5. The number of esters is 2. The first-order valence-corrected chi connectivity index (χ1v) is 38.0. The Labute approximate surface area is 734 Å². The van der Waals surface area contributed by atoms with Gasteiger partial charge in [0.2, 0.25) is 0 Å². The molecule has 11 heterocycles. The van der Waals surface area contributed by atoms with Gasteiger partial charge in [-0.2, -0.15) is 0 Å². The first-order valence-electron chi connectivity index (χ1n) is 37.2. The van der Waals surface area contributed by atoms with Crippen molar-refractivity contribution in [1.29, 1.82) is 0 Å². The van der Waals surface area contributed by atoms with Crippen molar-refractivity contribution in [2.45, 2.75) is 81.3 Å². The zero-order valence-electron chi connectivity index (χ0n) is 70.2. The number of fused-ring (bicyclic) bond motifs is 6. The molecule has 0 fully saturated rings. The van der Waals surface area contributed by atoms with Crippen molar-refractivity contribution in [3.63, 3.8) is 0 Å². The number of amides is 1. The molecule has 648 valence electrons. The van der Waals surface area contributed by atoms with Crippen LogP contribution in [0.15, 0.2) is 196 Å². The average molecular weight is 1740 g/mol. The number of aromatic carboxylic acids is 2. The monoisotopic (exact) mass is 1740 g/mol. The predicted octanol–water partition coefficient (Wildman–Crippen LogP) is 5.87. The third kappa shape index (κ3) is 23.9. The molecule has 14 aromatic rings. The number of ether oxygens (including phenoxy) is 2. The number of para-hydroxylation sites is 2. The van der Waals surface area contributed by atoms with E-state index in [1.807, 2.05) is 138 Å². The van der Waals surface area contributed by atoms with E-state index in [1.54, 1.807) is 97.9 Å². The Kier molecular flexibility index (Phi) is 35.3. The maximum atomic E-state index is 13.6. The predicted molar refractivity (Wildman–Crippen MR) is 469 cm³/mol. The second-order valence-electron chi connectivity index (χ2n) is 26.9. The van der Waals surface area contributed by atoms with Gasteiger partial charge in [0.05, 0.1) is 46.6 Å². The molecule has 0 unspecified atom stereocenters. The molecule has 15 rings (SSSR count). The maximum Gasteiger partial charge on any atom is 1.00 e. The summed E-state index contributed by atoms with van der Waals surface area (Å²) in [7, 11) is 3.75. The third-order valence-corrected chi connectivity index (χ3v) is 18.1. The number of nitrogens with zero attached hydrogens (tertiary/aromatic N) is 16. The number of nitrogens with two attached hydrogens (primary N) is 7. The molecule has 42 heteroatoms. The number of allylic oxidation sites excluding steroid dienone is 1. The van der Waals surface area contributed by atoms with Gasteiger partial charge in [0.1, 0.15) is 33.7 Å². The molecule has 125 heavy (non-hydrogen) atoms. The molecule has 0 aliphatic carbocycles. The molecule has 0 spiro atoms. The minimum Gasteiger partial charge on any atom is -0.870 e. The van der Waals surface area contributed by atoms with Crippen molar-refractivity contribution in [2.24, 2.45) is 22.2 Å². The number of ketones is 1. The molecule has 1 aliphatic rings. The summed E-state index contributed by atoms with van der Waals surface area (Å²) in [5.74, 6) is -4.04. The van der Waals surface area contributed by atoms with Gasteiger partial charge in [-0.05, 0) is 152 Å². The van der Waals surface area contributed by atoms with Crippen molar-refractivity contribution in [1.82, 2.24) is 77.7 Å². The topological polar surface area (TPSA) is 603 Å². The zero-order valence-corrected chi connectivity index (χ0v) is 71.7. The van der Waals surface area contributed by atoms with Gasteiger partial charge in [0, 0.05) is 109 Å². The number of carbonyl (C=O) groups excluding carboxylic acids is 4. The number of hydrogen-bond acceptors (Lipinski definition) is 29. The standard InChI is InChI=1S/C25H21ClN6O2.C17H15ClN2O.C10H12N4O2.2C8H8N4O2.C7H11N3O2.C6H11NO.C2H4O2.Li.H2O/c1-14-11-12-28-23-21(22(27)30-32(14)23)24(33)29-15(2)19-13-16-7-6-10-18(26)20(16)25(34)31(19)17-8-4-3-5-9-17;1-11(19)15-10-12-6-5-9-14(18)16(12)17(21)20(15)13-7-3-2-4-8-13;1-3-16-10(15)7-8(11)13-14-6(2)4-5-12-9(7)14;2*1-4-2-3-10-7-5(8(13)14)6(9)11-12(4)7;1-2-12-7(11)5-4(8)3-10-6(5)9;1-6(8)4-5-7(2)3;1-2(3)4;;/h3-13,15H,1-2H3,(H2,27,30)(H,29,33);2-11H,19H2,1H3;4-5H,3H2,1-2H3,(H2,11,13);2*2-3H,1H3,(H2,9,11)(H,13,14);2-3,8H2,1H3,(H2,9,10);4-5H,1-3H3;1H3,(H,3,4);;1H2/q;;;;;;;;+1;/p-1/b;;;;;;5-4+;;;/t15-;11-;;;;;;;;/m00......../s1. The van der Waals surface area contributed by atoms with Gasteiger partial charge in [-0.25, -0.2) is 57.2 Å². The molecule has 0 saturated heterocycles. The van der Waals surface area contributed by atoms with E-state index in [-0.39, 0.29) is 116 Å². The number of carbonyl (C=O) groups is 7. The number of carboxylic acid groups (broad SMARTS) is 3. The SMILES string of the molecule is CC(=O)/C=C/N(C)C.CC(=O)O.CCOC(=O)C1=C(N)CN=C1N.CCOC(=O)c1c(N)nn2c(C)ccnc12.C[C@H](N)c1cc2cccc(Cl)c2c(=O)n1-c1ccccc1.Cc1ccnc2c(C(=O)N[C@@H](C)c3cc4cccc(Cl)c4c(=O)n3-c3ccccc3)c(N)nn12.Cc1ccnc2c(C(=O)O)c(N)nn12.Cc1ccnc2c(C(=O)O)c(N)nn12.[Li+].[OH-]. The molecule has 4 aromatic carbocycles. The molecule has 0 saturated carbocycles. The summed E-state index contributed by atoms with van der Waals surface area (Å²) in [4.78, 5) is 125. The first-order chi connectivity index (χ1) is 58.3. The minimum atomic E-state index is -1.12. The number of nitrogen functional groups attached to an aromatic ring is 4. The van der Waals surface area contributed by atoms with Crippen molar-refractivity contribution < 1.29 is 82.7 Å². The van der Waals surface area contributed by atoms with Gasteiger partial charge in [0.15, 0.2) is 51.6 Å². The van der Waals surface area contributed by atoms with Crippen LogP contribution >= 0.6 is 23.2 Å². The van der Waals surface area contributed by atoms with E-state index >= 15 is 0 Å². The Morgan fingerprint density at radius 1 is 0.528 bits per heavy atom. The number of hydrogen-bond donors (Lipinski definition) is 11. The summed E-state index contributed by atoms with van der Waals surface area (Å²) in [5.41, 5.74) is 47.5. The van der Waals surface area contributed by atoms with Crippen LogP contribution in [0.5, 0.6) is 0 Å². The van der Waals surface area contributed by atoms with Gasteiger partial charge >= 0.3 is 42.7 Å². The molecule has 1 amide bonds. The number of aromatic nitrogens is 14. The smallest absolute Gasteiger partial charge is 0.870 e. The summed E-state index contributed by atoms with van der Waals surface area (Å²) >= 11 is 12.6. The number of aliphatic imine (C=N–C) groups is 1. The summed E-state index contributed by atoms with van der Waals surface area (Å²) < 4.78 is 18.7. The van der Waals surface area contributed by atoms with Crippen molar-refractivity contribution in [3.05, 3.63) is 269 Å². The zero-order chi connectivity index (χ0) is 90.5. The summed E-state index contributed by atoms with van der Waals surface area (Å²) in [5, 5.41) is 47.4. The summed E-state index contributed by atoms with van der Waals surface area (Å²) in [6.07, 6.45) is 9.51. The largest absolute Gasteiger partial charge is 1.00 e. The van der Waals surface area contributed by atoms with E-state index in [1.165, 1.54) is 43.5 Å². The molecular formula is C83H91Cl2LiN24O15. The molecule has 10 aromatic heterocycles. The van der Waals surface area contributed by atoms with Crippen LogP contribution in [0.4, 0.5) is 23.3 Å². The molecule has 0 bridgehead atoms. The number of aliphatic carboxylic acids is 1. The number of nitrogens with one attached hydrogen (secondary N) is 1. The molecule has 19 N–H and O–H groups in total. The fourth-order valence-corrected chi connectivity index (χ4v) is 12.4. The second-order valence-corrected chi connectivity index (χ2v) is 27.7. The Morgan fingerprint density at radius 2 is 0.880 bits per heavy atom. The number of halogens is 2. The van der Waals surface area contributed by atoms with Crippen LogP contribution in [0, 0.1) is 27.7 Å². The summed E-state index contributed by atoms with van der Waals surface area (Å²) in [6.45, 7) is 17.9. The van der Waals surface area contributed by atoms with E-state index in [9.17, 15) is 38.4 Å². The van der Waals surface area contributed by atoms with Crippen LogP contribution < -0.4 is 75.4 Å². The number of aryl methyl sites for hydroxylation is 4. The Hall–Kier alpha value is -14.9. The number of amidine groups is 1. The molecular weight excluding hydrogens is 1650 g/mol. The van der Waals surface area contributed by atoms with Crippen molar-refractivity contribution in [3.8, 4) is 11.4 Å². The van der Waals surface area contributed by atoms with Crippen molar-refractivity contribution >= 4 is 138 Å². The Morgan fingerprint density at radius 3 is 1.22 bits per heavy atom. The number of anilines is 4. The van der Waals surface area contributed by atoms with Gasteiger partial charge in [0.25, 0.3) is 23.0 Å². The van der Waals surface area contributed by atoms with E-state index in [4.69, 9.17) is 92.9 Å². The van der Waals surface area contributed by atoms with Crippen LogP contribution in [0.3, 0.4) is 0 Å². The van der Waals surface area contributed by atoms with Crippen LogP contribution in [-0.2, 0) is 23.9 Å². The molecule has 39 nitrogen and oxygen atoms in total. The number of benzene rings is 4. The Bertz CT molecular complexity index is 6440. The quantitative estimate of drug-likeness (QED) is 0.0344. The normalized spacial score (nSPS) is 11.6. The average Bonchev–Trinajstić information content (AvgIpc) is 1.75. The Balaban J connectivity index is 0.000000233. The van der Waals surface area contributed by atoms with E-state index < -0.39 is 41.8 Å². The van der Waals surface area contributed by atoms with Crippen LogP contribution in [0.1, 0.15) is 129 Å². The van der Waals surface area contributed by atoms with E-state index in [2.05, 4.69) is 50.6 Å². The number of rotatable bonds is 14. The van der Waals surface area contributed by atoms with E-state index in [0.717, 1.165) is 46.5 Å². The fraction of sp³-hybridized carbons (Fsp3) is 0.205. The van der Waals surface area contributed by atoms with Crippen LogP contribution in [0.25, 0.3) is 55.5 Å². The molecule has 2 atom stereocenters. The second kappa shape index (κ2) is 44.6. The summed E-state index contributed by atoms with van der Waals surface area (Å²) in [6, 6.07) is 39.4. The van der Waals surface area contributed by atoms with Gasteiger partial charge < -0.3 is 80.6 Å². The fourth-order valence-electron chi connectivity index (χ4n) is 11.9.